The van der Waals surface area contributed by atoms with Crippen LogP contribution in [0, 0.1) is 0 Å². The minimum Gasteiger partial charge on any atom is -0.347 e. The van der Waals surface area contributed by atoms with Crippen molar-refractivity contribution in [2.45, 2.75) is 19.4 Å². The number of para-hydroxylation sites is 3. The number of fused-ring (bicyclic) bond motifs is 1. The highest BCUT2D eigenvalue weighted by Crippen LogP contribution is 2.22. The summed E-state index contributed by atoms with van der Waals surface area (Å²) in [4.78, 5) is 25.5. The smallest absolute Gasteiger partial charge is 0.246 e. The number of aryl methyl sites for hydroxylation is 1. The predicted octanol–water partition coefficient (Wildman–Crippen LogP) is 3.72. The third-order valence-electron chi connectivity index (χ3n) is 5.06. The summed E-state index contributed by atoms with van der Waals surface area (Å²) in [5.74, 6) is 1.54. The third-order valence-corrected chi connectivity index (χ3v) is 5.06. The van der Waals surface area contributed by atoms with Gasteiger partial charge in [-0.3, -0.25) is 14.3 Å². The zero-order valence-electron chi connectivity index (χ0n) is 17.2. The van der Waals surface area contributed by atoms with Gasteiger partial charge >= 0.3 is 0 Å². The molecule has 3 aromatic heterocycles. The summed E-state index contributed by atoms with van der Waals surface area (Å²) >= 11 is 0. The highest BCUT2D eigenvalue weighted by molar-refractivity contribution is 5.79. The molecule has 0 saturated carbocycles. The molecule has 3 heterocycles. The van der Waals surface area contributed by atoms with Crippen LogP contribution in [-0.2, 0) is 17.8 Å². The van der Waals surface area contributed by atoms with Crippen molar-refractivity contribution in [2.24, 2.45) is 0 Å². The highest BCUT2D eigenvalue weighted by Gasteiger charge is 2.14. The normalized spacial score (nSPS) is 11.0. The van der Waals surface area contributed by atoms with Gasteiger partial charge in [0.2, 0.25) is 17.6 Å². The fourth-order valence-corrected chi connectivity index (χ4v) is 3.54. The molecule has 0 atom stereocenters. The van der Waals surface area contributed by atoms with E-state index in [4.69, 9.17) is 9.51 Å². The van der Waals surface area contributed by atoms with Crippen molar-refractivity contribution in [3.63, 3.8) is 0 Å². The lowest BCUT2D eigenvalue weighted by Crippen LogP contribution is -2.23. The van der Waals surface area contributed by atoms with E-state index in [1.807, 2.05) is 54.6 Å². The van der Waals surface area contributed by atoms with Gasteiger partial charge in [-0.05, 0) is 36.4 Å². The Hall–Kier alpha value is -4.33. The quantitative estimate of drug-likeness (QED) is 0.428. The Balaban J connectivity index is 1.25. The van der Waals surface area contributed by atoms with Crippen molar-refractivity contribution in [2.75, 3.05) is 0 Å². The minimum absolute atomic E-state index is 0.111. The van der Waals surface area contributed by atoms with Crippen LogP contribution in [0.5, 0.6) is 0 Å². The number of pyridine rings is 1. The van der Waals surface area contributed by atoms with E-state index < -0.39 is 0 Å². The SMILES string of the molecule is O=C(CCc1nc2ccccc2n1-c1ccccc1)NCc1nc(-c2ccncc2)no1. The molecule has 0 saturated heterocycles. The minimum atomic E-state index is -0.111. The van der Waals surface area contributed by atoms with Crippen LogP contribution in [0.3, 0.4) is 0 Å². The van der Waals surface area contributed by atoms with Crippen molar-refractivity contribution in [1.82, 2.24) is 30.0 Å². The molecule has 0 aliphatic carbocycles. The van der Waals surface area contributed by atoms with E-state index in [2.05, 4.69) is 25.0 Å². The number of nitrogens with one attached hydrogen (secondary N) is 1. The zero-order valence-corrected chi connectivity index (χ0v) is 17.2. The Kier molecular flexibility index (Phi) is 5.40. The summed E-state index contributed by atoms with van der Waals surface area (Å²) in [5, 5.41) is 6.79. The lowest BCUT2D eigenvalue weighted by molar-refractivity contribution is -0.121. The maximum Gasteiger partial charge on any atom is 0.246 e. The summed E-state index contributed by atoms with van der Waals surface area (Å²) in [7, 11) is 0. The number of imidazole rings is 1. The predicted molar refractivity (Wildman–Crippen MR) is 119 cm³/mol. The Bertz CT molecular complexity index is 1340. The average molecular weight is 424 g/mol. The third kappa shape index (κ3) is 4.11. The van der Waals surface area contributed by atoms with Crippen molar-refractivity contribution in [3.05, 3.63) is 90.8 Å². The molecule has 32 heavy (non-hydrogen) atoms. The van der Waals surface area contributed by atoms with Gasteiger partial charge in [0.05, 0.1) is 17.6 Å². The molecule has 0 bridgehead atoms. The second-order valence-electron chi connectivity index (χ2n) is 7.21. The molecule has 2 aromatic carbocycles. The van der Waals surface area contributed by atoms with Gasteiger partial charge in [0, 0.05) is 36.5 Å². The maximum atomic E-state index is 12.5. The Morgan fingerprint density at radius 3 is 2.56 bits per heavy atom. The number of nitrogens with zero attached hydrogens (tertiary/aromatic N) is 5. The van der Waals surface area contributed by atoms with Gasteiger partial charge in [-0.15, -0.1) is 0 Å². The van der Waals surface area contributed by atoms with E-state index in [0.717, 1.165) is 28.1 Å². The standard InChI is InChI=1S/C24H20N6O2/c31-22(26-16-23-28-24(29-32-23)17-12-14-25-15-13-17)11-10-21-27-19-8-4-5-9-20(19)30(21)18-6-2-1-3-7-18/h1-9,12-15H,10-11,16H2,(H,26,31). The summed E-state index contributed by atoms with van der Waals surface area (Å²) < 4.78 is 7.34. The van der Waals surface area contributed by atoms with Crippen LogP contribution in [0.1, 0.15) is 18.1 Å². The van der Waals surface area contributed by atoms with Crippen LogP contribution < -0.4 is 5.32 Å². The molecule has 5 aromatic rings. The van der Waals surface area contributed by atoms with Crippen LogP contribution in [-0.4, -0.2) is 30.6 Å². The molecule has 0 spiro atoms. The van der Waals surface area contributed by atoms with Crippen LogP contribution in [0.4, 0.5) is 0 Å². The van der Waals surface area contributed by atoms with E-state index in [-0.39, 0.29) is 12.5 Å². The molecule has 1 amide bonds. The van der Waals surface area contributed by atoms with E-state index in [1.165, 1.54) is 0 Å². The number of rotatable bonds is 7. The molecule has 0 aliphatic heterocycles. The highest BCUT2D eigenvalue weighted by atomic mass is 16.5. The molecule has 0 radical (unpaired) electrons. The van der Waals surface area contributed by atoms with E-state index in [1.54, 1.807) is 24.5 Å². The molecule has 0 fully saturated rings. The second-order valence-corrected chi connectivity index (χ2v) is 7.21. The number of carbonyl (C=O) groups is 1. The Morgan fingerprint density at radius 1 is 0.938 bits per heavy atom. The summed E-state index contributed by atoms with van der Waals surface area (Å²) in [6.07, 6.45) is 4.12. The van der Waals surface area contributed by atoms with Crippen molar-refractivity contribution in [1.29, 1.82) is 0 Å². The number of amides is 1. The van der Waals surface area contributed by atoms with Gasteiger partial charge in [0.25, 0.3) is 0 Å². The number of benzene rings is 2. The fourth-order valence-electron chi connectivity index (χ4n) is 3.54. The molecule has 8 heteroatoms. The van der Waals surface area contributed by atoms with Crippen molar-refractivity contribution >= 4 is 16.9 Å². The monoisotopic (exact) mass is 424 g/mol. The van der Waals surface area contributed by atoms with Crippen LogP contribution in [0.2, 0.25) is 0 Å². The van der Waals surface area contributed by atoms with E-state index >= 15 is 0 Å². The maximum absolute atomic E-state index is 12.5. The van der Waals surface area contributed by atoms with Gasteiger partial charge in [0.1, 0.15) is 5.82 Å². The van der Waals surface area contributed by atoms with Crippen molar-refractivity contribution < 1.29 is 9.32 Å². The number of carbonyl (C=O) groups excluding carboxylic acids is 1. The lowest BCUT2D eigenvalue weighted by atomic mass is 10.2. The molecular formula is C24H20N6O2. The topological polar surface area (TPSA) is 98.7 Å². The molecule has 5 rings (SSSR count). The fraction of sp³-hybridized carbons (Fsp3) is 0.125. The van der Waals surface area contributed by atoms with Gasteiger partial charge in [-0.1, -0.05) is 35.5 Å². The Labute approximate surface area is 183 Å². The molecule has 8 nitrogen and oxygen atoms in total. The lowest BCUT2D eigenvalue weighted by Gasteiger charge is -2.09. The van der Waals surface area contributed by atoms with Gasteiger partial charge < -0.3 is 9.84 Å². The van der Waals surface area contributed by atoms with Crippen LogP contribution >= 0.6 is 0 Å². The van der Waals surface area contributed by atoms with Crippen LogP contribution in [0.15, 0.2) is 83.6 Å². The summed E-state index contributed by atoms with van der Waals surface area (Å²) in [5.41, 5.74) is 3.75. The number of hydrogen-bond acceptors (Lipinski definition) is 6. The first-order valence-electron chi connectivity index (χ1n) is 10.3. The Morgan fingerprint density at radius 2 is 1.72 bits per heavy atom. The molecule has 0 aliphatic rings. The first kappa shape index (κ1) is 19.6. The molecular weight excluding hydrogens is 404 g/mol. The zero-order chi connectivity index (χ0) is 21.8. The van der Waals surface area contributed by atoms with Crippen molar-refractivity contribution in [3.8, 4) is 17.1 Å². The largest absolute Gasteiger partial charge is 0.347 e. The number of hydrogen-bond donors (Lipinski definition) is 1. The summed E-state index contributed by atoms with van der Waals surface area (Å²) in [6, 6.07) is 21.6. The van der Waals surface area contributed by atoms with Gasteiger partial charge in [0.15, 0.2) is 0 Å². The molecule has 1 N–H and O–H groups in total. The summed E-state index contributed by atoms with van der Waals surface area (Å²) in [6.45, 7) is 0.173. The van der Waals surface area contributed by atoms with Gasteiger partial charge in [-0.2, -0.15) is 4.98 Å². The second kappa shape index (κ2) is 8.81. The first-order valence-corrected chi connectivity index (χ1v) is 10.3. The molecule has 158 valence electrons. The molecule has 0 unspecified atom stereocenters. The number of aromatic nitrogens is 5. The van der Waals surface area contributed by atoms with E-state index in [9.17, 15) is 4.79 Å². The van der Waals surface area contributed by atoms with Crippen LogP contribution in [0.25, 0.3) is 28.1 Å². The van der Waals surface area contributed by atoms with E-state index in [0.29, 0.717) is 24.6 Å². The average Bonchev–Trinajstić information content (AvgIpc) is 3.47. The van der Waals surface area contributed by atoms with Gasteiger partial charge in [-0.25, -0.2) is 4.98 Å². The first-order chi connectivity index (χ1) is 15.8.